The number of non-ortho nitro benzene ring substituents is 1. The molecule has 0 aromatic heterocycles. The monoisotopic (exact) mass is 348 g/mol. The number of carbonyl (C=O) groups excluding carboxylic acids is 2. The third-order valence-corrected chi connectivity index (χ3v) is 3.37. The highest BCUT2D eigenvalue weighted by molar-refractivity contribution is 6.34. The van der Waals surface area contributed by atoms with Crippen molar-refractivity contribution in [2.45, 2.75) is 6.92 Å². The summed E-state index contributed by atoms with van der Waals surface area (Å²) < 4.78 is 4.87. The van der Waals surface area contributed by atoms with Gasteiger partial charge in [-0.05, 0) is 37.3 Å². The van der Waals surface area contributed by atoms with Crippen LogP contribution in [-0.4, -0.2) is 23.4 Å². The van der Waals surface area contributed by atoms with Crippen molar-refractivity contribution in [3.05, 3.63) is 68.7 Å². The minimum absolute atomic E-state index is 0.0233. The van der Waals surface area contributed by atoms with Gasteiger partial charge in [0, 0.05) is 17.8 Å². The van der Waals surface area contributed by atoms with Gasteiger partial charge in [-0.25, -0.2) is 4.79 Å². The van der Waals surface area contributed by atoms with Crippen LogP contribution >= 0.6 is 11.6 Å². The van der Waals surface area contributed by atoms with E-state index >= 15 is 0 Å². The fraction of sp³-hybridized carbons (Fsp3) is 0.125. The number of esters is 1. The van der Waals surface area contributed by atoms with Crippen molar-refractivity contribution in [2.75, 3.05) is 11.9 Å². The molecule has 0 heterocycles. The molecule has 0 aliphatic rings. The van der Waals surface area contributed by atoms with Gasteiger partial charge in [-0.2, -0.15) is 0 Å². The zero-order chi connectivity index (χ0) is 17.7. The largest absolute Gasteiger partial charge is 0.462 e. The van der Waals surface area contributed by atoms with E-state index in [4.69, 9.17) is 16.3 Å². The number of rotatable bonds is 5. The Morgan fingerprint density at radius 3 is 2.42 bits per heavy atom. The number of nitro benzene ring substituents is 1. The molecule has 0 bridgehead atoms. The normalized spacial score (nSPS) is 10.1. The molecule has 7 nitrogen and oxygen atoms in total. The summed E-state index contributed by atoms with van der Waals surface area (Å²) >= 11 is 5.91. The summed E-state index contributed by atoms with van der Waals surface area (Å²) in [5.74, 6) is -0.965. The highest BCUT2D eigenvalue weighted by Gasteiger charge is 2.15. The second kappa shape index (κ2) is 7.56. The van der Waals surface area contributed by atoms with Gasteiger partial charge in [0.15, 0.2) is 0 Å². The number of nitro groups is 1. The van der Waals surface area contributed by atoms with Crippen LogP contribution in [0.4, 0.5) is 11.4 Å². The number of nitrogens with zero attached hydrogens (tertiary/aromatic N) is 1. The number of ether oxygens (including phenoxy) is 1. The van der Waals surface area contributed by atoms with E-state index in [-0.39, 0.29) is 22.9 Å². The fourth-order valence-electron chi connectivity index (χ4n) is 1.90. The molecule has 1 amide bonds. The molecule has 0 spiro atoms. The van der Waals surface area contributed by atoms with E-state index in [0.29, 0.717) is 11.3 Å². The van der Waals surface area contributed by atoms with Gasteiger partial charge in [0.2, 0.25) is 0 Å². The maximum Gasteiger partial charge on any atom is 0.338 e. The van der Waals surface area contributed by atoms with Gasteiger partial charge in [-0.1, -0.05) is 11.6 Å². The molecule has 24 heavy (non-hydrogen) atoms. The van der Waals surface area contributed by atoms with E-state index in [1.54, 1.807) is 19.1 Å². The third kappa shape index (κ3) is 4.08. The van der Waals surface area contributed by atoms with Crippen LogP contribution < -0.4 is 5.32 Å². The lowest BCUT2D eigenvalue weighted by atomic mass is 10.1. The van der Waals surface area contributed by atoms with Gasteiger partial charge in [0.1, 0.15) is 0 Å². The molecule has 0 fully saturated rings. The van der Waals surface area contributed by atoms with Crippen molar-refractivity contribution in [3.63, 3.8) is 0 Å². The third-order valence-electron chi connectivity index (χ3n) is 3.06. The predicted molar refractivity (Wildman–Crippen MR) is 88.5 cm³/mol. The Bertz CT molecular complexity index is 790. The number of hydrogen-bond acceptors (Lipinski definition) is 5. The Balaban J connectivity index is 2.12. The predicted octanol–water partition coefficient (Wildman–Crippen LogP) is 3.68. The summed E-state index contributed by atoms with van der Waals surface area (Å²) in [6.07, 6.45) is 0. The molecule has 0 atom stereocenters. The number of hydrogen-bond donors (Lipinski definition) is 1. The van der Waals surface area contributed by atoms with E-state index in [0.717, 1.165) is 6.07 Å². The van der Waals surface area contributed by atoms with Gasteiger partial charge in [-0.15, -0.1) is 0 Å². The van der Waals surface area contributed by atoms with E-state index in [1.165, 1.54) is 24.3 Å². The van der Waals surface area contributed by atoms with Crippen molar-refractivity contribution in [1.82, 2.24) is 0 Å². The first-order valence-corrected chi connectivity index (χ1v) is 7.32. The van der Waals surface area contributed by atoms with Crippen LogP contribution in [0, 0.1) is 10.1 Å². The smallest absolute Gasteiger partial charge is 0.338 e. The van der Waals surface area contributed by atoms with Gasteiger partial charge < -0.3 is 10.1 Å². The Labute approximate surface area is 142 Å². The van der Waals surface area contributed by atoms with E-state index < -0.39 is 16.8 Å². The first-order chi connectivity index (χ1) is 11.4. The van der Waals surface area contributed by atoms with E-state index in [2.05, 4.69) is 5.32 Å². The Morgan fingerprint density at radius 1 is 1.21 bits per heavy atom. The number of anilines is 1. The molecule has 0 radical (unpaired) electrons. The van der Waals surface area contributed by atoms with Crippen molar-refractivity contribution in [2.24, 2.45) is 0 Å². The number of benzene rings is 2. The summed E-state index contributed by atoms with van der Waals surface area (Å²) in [7, 11) is 0. The molecule has 0 aliphatic carbocycles. The van der Waals surface area contributed by atoms with Crippen LogP contribution in [0.3, 0.4) is 0 Å². The van der Waals surface area contributed by atoms with Crippen molar-refractivity contribution in [1.29, 1.82) is 0 Å². The second-order valence-electron chi connectivity index (χ2n) is 4.67. The van der Waals surface area contributed by atoms with Crippen molar-refractivity contribution >= 4 is 34.9 Å². The van der Waals surface area contributed by atoms with Crippen LogP contribution in [0.25, 0.3) is 0 Å². The Hall–Kier alpha value is -2.93. The Morgan fingerprint density at radius 2 is 1.88 bits per heavy atom. The fourth-order valence-corrected chi connectivity index (χ4v) is 2.16. The number of amides is 1. The summed E-state index contributed by atoms with van der Waals surface area (Å²) in [4.78, 5) is 33.8. The molecule has 2 aromatic carbocycles. The lowest BCUT2D eigenvalue weighted by molar-refractivity contribution is -0.384. The summed E-state index contributed by atoms with van der Waals surface area (Å²) in [6.45, 7) is 1.98. The quantitative estimate of drug-likeness (QED) is 0.505. The van der Waals surface area contributed by atoms with Gasteiger partial charge in [0.05, 0.1) is 27.7 Å². The molecular weight excluding hydrogens is 336 g/mol. The van der Waals surface area contributed by atoms with Crippen LogP contribution in [0.5, 0.6) is 0 Å². The number of carbonyl (C=O) groups is 2. The second-order valence-corrected chi connectivity index (χ2v) is 5.08. The minimum atomic E-state index is -0.596. The Kier molecular flexibility index (Phi) is 5.49. The zero-order valence-electron chi connectivity index (χ0n) is 12.6. The minimum Gasteiger partial charge on any atom is -0.462 e. The van der Waals surface area contributed by atoms with Gasteiger partial charge in [-0.3, -0.25) is 14.9 Å². The van der Waals surface area contributed by atoms with Crippen molar-refractivity contribution < 1.29 is 19.2 Å². The topological polar surface area (TPSA) is 98.5 Å². The highest BCUT2D eigenvalue weighted by atomic mass is 35.5. The number of nitrogens with one attached hydrogen (secondary N) is 1. The van der Waals surface area contributed by atoms with Crippen molar-refractivity contribution in [3.8, 4) is 0 Å². The zero-order valence-corrected chi connectivity index (χ0v) is 13.4. The van der Waals surface area contributed by atoms with Crippen LogP contribution in [0.2, 0.25) is 5.02 Å². The lowest BCUT2D eigenvalue weighted by Gasteiger charge is -2.08. The molecule has 0 unspecified atom stereocenters. The molecular formula is C16H13ClN2O5. The molecule has 124 valence electrons. The molecule has 0 saturated carbocycles. The van der Waals surface area contributed by atoms with E-state index in [9.17, 15) is 19.7 Å². The van der Waals surface area contributed by atoms with Crippen LogP contribution in [-0.2, 0) is 4.74 Å². The average molecular weight is 349 g/mol. The standard InChI is InChI=1S/C16H13ClN2O5/c1-2-24-16(21)10-3-5-11(6-4-10)18-15(20)13-8-7-12(19(22)23)9-14(13)17/h3-9H,2H2,1H3,(H,18,20). The maximum absolute atomic E-state index is 12.2. The first kappa shape index (κ1) is 17.4. The van der Waals surface area contributed by atoms with Gasteiger partial charge >= 0.3 is 5.97 Å². The van der Waals surface area contributed by atoms with Crippen LogP contribution in [0.1, 0.15) is 27.6 Å². The summed E-state index contributed by atoms with van der Waals surface area (Å²) in [6, 6.07) is 9.72. The summed E-state index contributed by atoms with van der Waals surface area (Å²) in [5, 5.41) is 13.2. The first-order valence-electron chi connectivity index (χ1n) is 6.95. The van der Waals surface area contributed by atoms with Crippen LogP contribution in [0.15, 0.2) is 42.5 Å². The SMILES string of the molecule is CCOC(=O)c1ccc(NC(=O)c2ccc([N+](=O)[O-])cc2Cl)cc1. The molecule has 0 saturated heterocycles. The summed E-state index contributed by atoms with van der Waals surface area (Å²) in [5.41, 5.74) is 0.720. The number of halogens is 1. The lowest BCUT2D eigenvalue weighted by Crippen LogP contribution is -2.13. The molecule has 8 heteroatoms. The van der Waals surface area contributed by atoms with Gasteiger partial charge in [0.25, 0.3) is 11.6 Å². The maximum atomic E-state index is 12.2. The molecule has 2 rings (SSSR count). The van der Waals surface area contributed by atoms with E-state index in [1.807, 2.05) is 0 Å². The highest BCUT2D eigenvalue weighted by Crippen LogP contribution is 2.23. The molecule has 1 N–H and O–H groups in total. The average Bonchev–Trinajstić information content (AvgIpc) is 2.55. The molecule has 0 aliphatic heterocycles. The molecule has 2 aromatic rings.